The molecule has 0 atom stereocenters. The molecule has 1 aliphatic rings. The summed E-state index contributed by atoms with van der Waals surface area (Å²) in [6, 6.07) is 3.69. The summed E-state index contributed by atoms with van der Waals surface area (Å²) < 4.78 is 0. The van der Waals surface area contributed by atoms with Gasteiger partial charge in [0, 0.05) is 24.9 Å². The molecule has 0 saturated heterocycles. The van der Waals surface area contributed by atoms with Crippen molar-refractivity contribution >= 4 is 57.0 Å². The lowest BCUT2D eigenvalue weighted by molar-refractivity contribution is 0.0993. The van der Waals surface area contributed by atoms with Crippen molar-refractivity contribution in [1.82, 2.24) is 4.98 Å². The van der Waals surface area contributed by atoms with E-state index in [4.69, 9.17) is 11.6 Å². The number of thiazole rings is 1. The molecule has 0 radical (unpaired) electrons. The minimum atomic E-state index is -0.0408. The van der Waals surface area contributed by atoms with E-state index < -0.39 is 0 Å². The molecule has 0 aliphatic carbocycles. The van der Waals surface area contributed by atoms with Crippen LogP contribution in [-0.4, -0.2) is 30.2 Å². The molecule has 114 valence electrons. The molecule has 0 N–H and O–H groups in total. The van der Waals surface area contributed by atoms with Gasteiger partial charge in [0.15, 0.2) is 5.15 Å². The fraction of sp³-hybridized carbons (Fsp3) is 0.267. The van der Waals surface area contributed by atoms with Crippen molar-refractivity contribution in [2.45, 2.75) is 13.3 Å². The van der Waals surface area contributed by atoms with Crippen LogP contribution in [0, 0.1) is 0 Å². The maximum Gasteiger partial charge on any atom is 0.269 e. The summed E-state index contributed by atoms with van der Waals surface area (Å²) >= 11 is 9.14. The van der Waals surface area contributed by atoms with Gasteiger partial charge in [-0.3, -0.25) is 14.7 Å². The van der Waals surface area contributed by atoms with E-state index in [9.17, 15) is 4.79 Å². The fourth-order valence-corrected chi connectivity index (χ4v) is 4.20. The molecule has 22 heavy (non-hydrogen) atoms. The summed E-state index contributed by atoms with van der Waals surface area (Å²) in [5, 5.41) is 3.76. The number of anilines is 1. The Morgan fingerprint density at radius 2 is 2.36 bits per heavy atom. The number of rotatable bonds is 4. The molecule has 0 saturated carbocycles. The number of allylic oxidation sites excluding steroid dienone is 1. The minimum absolute atomic E-state index is 0.0408. The van der Waals surface area contributed by atoms with E-state index in [0.29, 0.717) is 21.6 Å². The lowest BCUT2D eigenvalue weighted by Crippen LogP contribution is -2.29. The van der Waals surface area contributed by atoms with E-state index >= 15 is 0 Å². The SMILES string of the molecule is CCN(C(=O)c1cccs1)c1sc(C2=CCCN=C2)nc1Cl. The van der Waals surface area contributed by atoms with E-state index in [0.717, 1.165) is 23.5 Å². The summed E-state index contributed by atoms with van der Waals surface area (Å²) in [6.07, 6.45) is 4.83. The Bertz CT molecular complexity index is 734. The first-order valence-corrected chi connectivity index (χ1v) is 9.00. The Morgan fingerprint density at radius 3 is 3.00 bits per heavy atom. The molecule has 0 spiro atoms. The Morgan fingerprint density at radius 1 is 1.50 bits per heavy atom. The van der Waals surface area contributed by atoms with Gasteiger partial charge in [0.05, 0.1) is 4.88 Å². The van der Waals surface area contributed by atoms with E-state index in [2.05, 4.69) is 16.1 Å². The lowest BCUT2D eigenvalue weighted by Gasteiger charge is -2.18. The Labute approximate surface area is 141 Å². The maximum absolute atomic E-state index is 12.6. The quantitative estimate of drug-likeness (QED) is 0.820. The highest BCUT2D eigenvalue weighted by atomic mass is 35.5. The average molecular weight is 352 g/mol. The zero-order chi connectivity index (χ0) is 15.5. The van der Waals surface area contributed by atoms with Crippen LogP contribution < -0.4 is 4.90 Å². The molecular formula is C15H14ClN3OS2. The lowest BCUT2D eigenvalue weighted by atomic mass is 10.2. The molecule has 3 heterocycles. The third-order valence-corrected chi connectivity index (χ3v) is 5.57. The number of hydrogen-bond acceptors (Lipinski definition) is 5. The predicted octanol–water partition coefficient (Wildman–Crippen LogP) is 4.38. The van der Waals surface area contributed by atoms with Crippen LogP contribution >= 0.6 is 34.3 Å². The van der Waals surface area contributed by atoms with E-state index in [-0.39, 0.29) is 5.91 Å². The minimum Gasteiger partial charge on any atom is -0.297 e. The number of halogens is 1. The van der Waals surface area contributed by atoms with Crippen LogP contribution in [0.4, 0.5) is 5.00 Å². The molecule has 0 aromatic carbocycles. The third kappa shape index (κ3) is 2.99. The Balaban J connectivity index is 1.93. The van der Waals surface area contributed by atoms with Gasteiger partial charge in [0.1, 0.15) is 10.0 Å². The molecule has 1 amide bonds. The summed E-state index contributed by atoms with van der Waals surface area (Å²) in [5.41, 5.74) is 0.976. The third-order valence-electron chi connectivity index (χ3n) is 3.21. The summed E-state index contributed by atoms with van der Waals surface area (Å²) in [4.78, 5) is 23.6. The second-order valence-corrected chi connectivity index (χ2v) is 6.91. The Hall–Kier alpha value is -1.50. The van der Waals surface area contributed by atoms with Crippen LogP contribution in [-0.2, 0) is 0 Å². The standard InChI is InChI=1S/C15H14ClN3OS2/c1-2-19(14(20)11-6-4-8-21-11)15-12(16)18-13(22-15)10-5-3-7-17-9-10/h4-6,8-9H,2-3,7H2,1H3. The molecule has 2 aromatic rings. The number of thiophene rings is 1. The summed E-state index contributed by atoms with van der Waals surface area (Å²) in [5.74, 6) is -0.0408. The Kier molecular flexibility index (Phi) is 4.71. The normalized spacial score (nSPS) is 14.0. The molecule has 4 nitrogen and oxygen atoms in total. The van der Waals surface area contributed by atoms with Crippen LogP contribution in [0.25, 0.3) is 5.57 Å². The smallest absolute Gasteiger partial charge is 0.269 e. The average Bonchev–Trinajstić information content (AvgIpc) is 3.19. The van der Waals surface area contributed by atoms with Gasteiger partial charge in [-0.2, -0.15) is 0 Å². The van der Waals surface area contributed by atoms with Crippen LogP contribution in [0.5, 0.6) is 0 Å². The molecule has 0 unspecified atom stereocenters. The van der Waals surface area contributed by atoms with Gasteiger partial charge in [0.25, 0.3) is 5.91 Å². The van der Waals surface area contributed by atoms with Crippen molar-refractivity contribution < 1.29 is 4.79 Å². The van der Waals surface area contributed by atoms with Crippen LogP contribution in [0.3, 0.4) is 0 Å². The zero-order valence-corrected chi connectivity index (χ0v) is 14.3. The number of carbonyl (C=O) groups excluding carboxylic acids is 1. The number of aliphatic imine (C=N–C) groups is 1. The van der Waals surface area contributed by atoms with Crippen molar-refractivity contribution in [3.8, 4) is 0 Å². The van der Waals surface area contributed by atoms with Crippen molar-refractivity contribution in [3.05, 3.63) is 38.6 Å². The second-order valence-electron chi connectivity index (χ2n) is 4.63. The fourth-order valence-electron chi connectivity index (χ4n) is 2.15. The number of nitrogens with zero attached hydrogens (tertiary/aromatic N) is 3. The second kappa shape index (κ2) is 6.73. The predicted molar refractivity (Wildman–Crippen MR) is 94.7 cm³/mol. The van der Waals surface area contributed by atoms with Gasteiger partial charge in [-0.15, -0.1) is 11.3 Å². The number of hydrogen-bond donors (Lipinski definition) is 0. The largest absolute Gasteiger partial charge is 0.297 e. The number of carbonyl (C=O) groups is 1. The van der Waals surface area contributed by atoms with E-state index in [1.54, 1.807) is 4.90 Å². The zero-order valence-electron chi connectivity index (χ0n) is 12.0. The number of aromatic nitrogens is 1. The topological polar surface area (TPSA) is 45.6 Å². The monoisotopic (exact) mass is 351 g/mol. The van der Waals surface area contributed by atoms with Gasteiger partial charge < -0.3 is 0 Å². The molecule has 0 bridgehead atoms. The summed E-state index contributed by atoms with van der Waals surface area (Å²) in [6.45, 7) is 3.29. The number of amides is 1. The van der Waals surface area contributed by atoms with Gasteiger partial charge >= 0.3 is 0 Å². The van der Waals surface area contributed by atoms with E-state index in [1.807, 2.05) is 30.7 Å². The number of dihydropyridines is 1. The van der Waals surface area contributed by atoms with Crippen molar-refractivity contribution in [1.29, 1.82) is 0 Å². The van der Waals surface area contributed by atoms with Crippen molar-refractivity contribution in [3.63, 3.8) is 0 Å². The first-order valence-electron chi connectivity index (χ1n) is 6.92. The van der Waals surface area contributed by atoms with Crippen LogP contribution in [0.15, 0.2) is 28.6 Å². The van der Waals surface area contributed by atoms with Crippen LogP contribution in [0.2, 0.25) is 5.15 Å². The maximum atomic E-state index is 12.6. The molecule has 7 heteroatoms. The molecule has 2 aromatic heterocycles. The molecular weight excluding hydrogens is 338 g/mol. The highest BCUT2D eigenvalue weighted by Crippen LogP contribution is 2.36. The van der Waals surface area contributed by atoms with Crippen LogP contribution in [0.1, 0.15) is 28.0 Å². The molecule has 3 rings (SSSR count). The van der Waals surface area contributed by atoms with Gasteiger partial charge in [-0.1, -0.05) is 35.1 Å². The van der Waals surface area contributed by atoms with Crippen molar-refractivity contribution in [2.24, 2.45) is 4.99 Å². The van der Waals surface area contributed by atoms with Crippen molar-refractivity contribution in [2.75, 3.05) is 18.0 Å². The highest BCUT2D eigenvalue weighted by molar-refractivity contribution is 7.18. The van der Waals surface area contributed by atoms with E-state index in [1.165, 1.54) is 22.7 Å². The van der Waals surface area contributed by atoms with Gasteiger partial charge in [-0.05, 0) is 24.8 Å². The molecule has 0 fully saturated rings. The van der Waals surface area contributed by atoms with Gasteiger partial charge in [0.2, 0.25) is 0 Å². The first kappa shape index (κ1) is 15.4. The van der Waals surface area contributed by atoms with Gasteiger partial charge in [-0.25, -0.2) is 4.98 Å². The summed E-state index contributed by atoms with van der Waals surface area (Å²) in [7, 11) is 0. The highest BCUT2D eigenvalue weighted by Gasteiger charge is 2.23. The molecule has 1 aliphatic heterocycles. The first-order chi connectivity index (χ1) is 10.7.